The van der Waals surface area contributed by atoms with Gasteiger partial charge in [0.1, 0.15) is 6.04 Å². The predicted octanol–water partition coefficient (Wildman–Crippen LogP) is 5.29. The molecule has 0 spiro atoms. The van der Waals surface area contributed by atoms with Crippen LogP contribution in [-0.4, -0.2) is 93.6 Å². The van der Waals surface area contributed by atoms with Gasteiger partial charge in [-0.15, -0.1) is 0 Å². The van der Waals surface area contributed by atoms with Crippen LogP contribution in [-0.2, 0) is 17.4 Å². The molecule has 5 aromatic rings. The van der Waals surface area contributed by atoms with E-state index in [1.807, 2.05) is 36.4 Å². The summed E-state index contributed by atoms with van der Waals surface area (Å²) < 4.78 is 43.8. The summed E-state index contributed by atoms with van der Waals surface area (Å²) in [5.74, 6) is -0.398. The van der Waals surface area contributed by atoms with Crippen LogP contribution in [0.4, 0.5) is 29.3 Å². The maximum Gasteiger partial charge on any atom is 0.418 e. The van der Waals surface area contributed by atoms with E-state index in [0.717, 1.165) is 22.7 Å². The van der Waals surface area contributed by atoms with Crippen LogP contribution in [0.5, 0.6) is 0 Å². The molecule has 0 bridgehead atoms. The summed E-state index contributed by atoms with van der Waals surface area (Å²) in [5, 5.41) is 6.05. The van der Waals surface area contributed by atoms with Crippen molar-refractivity contribution in [3.8, 4) is 0 Å². The van der Waals surface area contributed by atoms with E-state index in [4.69, 9.17) is 11.6 Å². The molecule has 2 aromatic carbocycles. The van der Waals surface area contributed by atoms with Crippen LogP contribution in [0.25, 0.3) is 21.9 Å². The highest BCUT2D eigenvalue weighted by atomic mass is 35.5. The van der Waals surface area contributed by atoms with Crippen LogP contribution < -0.4 is 21.2 Å². The van der Waals surface area contributed by atoms with Crippen molar-refractivity contribution < 1.29 is 22.8 Å². The molecule has 3 N–H and O–H groups in total. The number of hydrogen-bond acceptors (Lipinski definition) is 7. The zero-order valence-electron chi connectivity index (χ0n) is 28.3. The van der Waals surface area contributed by atoms with Crippen molar-refractivity contribution in [1.82, 2.24) is 34.6 Å². The second-order valence-electron chi connectivity index (χ2n) is 13.0. The van der Waals surface area contributed by atoms with Gasteiger partial charge in [-0.3, -0.25) is 19.3 Å². The molecule has 272 valence electrons. The van der Waals surface area contributed by atoms with Crippen LogP contribution in [0.3, 0.4) is 0 Å². The Kier molecular flexibility index (Phi) is 9.70. The lowest BCUT2D eigenvalue weighted by atomic mass is 10.00. The van der Waals surface area contributed by atoms with Crippen molar-refractivity contribution in [2.24, 2.45) is 0 Å². The summed E-state index contributed by atoms with van der Waals surface area (Å²) in [7, 11) is 1.35. The third-order valence-corrected chi connectivity index (χ3v) is 10.2. The summed E-state index contributed by atoms with van der Waals surface area (Å²) in [6, 6.07) is 11.8. The first-order chi connectivity index (χ1) is 25.0. The van der Waals surface area contributed by atoms with Crippen LogP contribution in [0.15, 0.2) is 71.9 Å². The van der Waals surface area contributed by atoms with E-state index in [-0.39, 0.29) is 34.4 Å². The number of halogens is 4. The van der Waals surface area contributed by atoms with Gasteiger partial charge in [-0.2, -0.15) is 13.2 Å². The average molecular weight is 736 g/mol. The fourth-order valence-corrected chi connectivity index (χ4v) is 7.64. The van der Waals surface area contributed by atoms with E-state index in [1.54, 1.807) is 33.0 Å². The fourth-order valence-electron chi connectivity index (χ4n) is 7.31. The maximum atomic E-state index is 14.1. The lowest BCUT2D eigenvalue weighted by Crippen LogP contribution is -2.57. The number of piperazine rings is 1. The second-order valence-corrected chi connectivity index (χ2v) is 13.4. The Morgan fingerprint density at radius 2 is 1.71 bits per heavy atom. The van der Waals surface area contributed by atoms with Gasteiger partial charge < -0.3 is 30.3 Å². The molecule has 3 aromatic heterocycles. The number of H-pyrrole nitrogens is 1. The van der Waals surface area contributed by atoms with E-state index >= 15 is 0 Å². The van der Waals surface area contributed by atoms with Crippen LogP contribution in [0, 0.1) is 0 Å². The fraction of sp³-hybridized carbons (Fsp3) is 0.361. The number of carbonyl (C=O) groups is 2. The minimum atomic E-state index is -4.70. The van der Waals surface area contributed by atoms with Gasteiger partial charge in [0.15, 0.2) is 0 Å². The number of para-hydroxylation sites is 1. The van der Waals surface area contributed by atoms with E-state index in [0.29, 0.717) is 63.1 Å². The number of hydrogen-bond donors (Lipinski definition) is 3. The Bertz CT molecular complexity index is 2160. The molecular weight excluding hydrogens is 699 g/mol. The third kappa shape index (κ3) is 6.96. The number of nitrogens with zero attached hydrogens (tertiary/aromatic N) is 6. The highest BCUT2D eigenvalue weighted by molar-refractivity contribution is 6.33. The van der Waals surface area contributed by atoms with Crippen molar-refractivity contribution in [1.29, 1.82) is 0 Å². The molecule has 2 aliphatic heterocycles. The first-order valence-electron chi connectivity index (χ1n) is 17.1. The minimum absolute atomic E-state index is 0.145. The number of aromatic amines is 1. The molecule has 12 nitrogen and oxygen atoms in total. The Morgan fingerprint density at radius 3 is 2.40 bits per heavy atom. The van der Waals surface area contributed by atoms with Gasteiger partial charge in [-0.05, 0) is 48.7 Å². The maximum absolute atomic E-state index is 14.1. The lowest BCUT2D eigenvalue weighted by molar-refractivity contribution is -0.137. The van der Waals surface area contributed by atoms with Crippen molar-refractivity contribution in [2.75, 3.05) is 56.5 Å². The number of amides is 3. The van der Waals surface area contributed by atoms with Gasteiger partial charge in [0.2, 0.25) is 5.91 Å². The topological polar surface area (TPSA) is 131 Å². The van der Waals surface area contributed by atoms with Gasteiger partial charge in [0.05, 0.1) is 39.0 Å². The number of rotatable bonds is 7. The number of fused-ring (bicyclic) bond motifs is 3. The number of likely N-dealkylation sites (tertiary alicyclic amines) is 1. The number of imidazole rings is 1. The van der Waals surface area contributed by atoms with Crippen LogP contribution in [0.1, 0.15) is 30.0 Å². The lowest BCUT2D eigenvalue weighted by Gasteiger charge is -2.38. The van der Waals surface area contributed by atoms with E-state index < -0.39 is 29.7 Å². The molecule has 0 saturated carbocycles. The smallest absolute Gasteiger partial charge is 0.386 e. The molecule has 1 atom stereocenters. The van der Waals surface area contributed by atoms with Crippen molar-refractivity contribution >= 4 is 56.9 Å². The predicted molar refractivity (Wildman–Crippen MR) is 193 cm³/mol. The number of aromatic nitrogens is 4. The van der Waals surface area contributed by atoms with Crippen molar-refractivity contribution in [3.63, 3.8) is 0 Å². The van der Waals surface area contributed by atoms with Gasteiger partial charge in [-0.1, -0.05) is 29.8 Å². The number of anilines is 2. The molecule has 0 unspecified atom stereocenters. The van der Waals surface area contributed by atoms with E-state index in [2.05, 4.69) is 30.5 Å². The molecule has 52 heavy (non-hydrogen) atoms. The van der Waals surface area contributed by atoms with Gasteiger partial charge in [0, 0.05) is 82.2 Å². The Balaban J connectivity index is 1.09. The molecule has 7 rings (SSSR count). The Morgan fingerprint density at radius 1 is 1.00 bits per heavy atom. The quantitative estimate of drug-likeness (QED) is 0.207. The highest BCUT2D eigenvalue weighted by Crippen LogP contribution is 2.39. The Hall–Kier alpha value is -5.31. The SMILES string of the molecule is CNc1c(Cl)cc(C[C@@H](NC(=O)N2CCC(n3c(=O)[nH]c4c5ccccc5ncc43)CC2)C(=O)N2CCN(c3ccncc3)CC2)cc1C(F)(F)F. The zero-order valence-corrected chi connectivity index (χ0v) is 29.0. The third-order valence-electron chi connectivity index (χ3n) is 9.94. The first kappa shape index (κ1) is 35.1. The normalized spacial score (nSPS) is 16.4. The molecule has 2 saturated heterocycles. The monoisotopic (exact) mass is 735 g/mol. The minimum Gasteiger partial charge on any atom is -0.386 e. The second kappa shape index (κ2) is 14.4. The Labute approximate surface area is 301 Å². The van der Waals surface area contributed by atoms with Crippen molar-refractivity contribution in [3.05, 3.63) is 93.8 Å². The number of piperidine rings is 1. The van der Waals surface area contributed by atoms with Gasteiger partial charge in [0.25, 0.3) is 0 Å². The summed E-state index contributed by atoms with van der Waals surface area (Å²) in [6.07, 6.45) is 1.10. The van der Waals surface area contributed by atoms with Crippen LogP contribution >= 0.6 is 11.6 Å². The summed E-state index contributed by atoms with van der Waals surface area (Å²) in [6.45, 7) is 2.37. The zero-order chi connectivity index (χ0) is 36.6. The molecule has 2 fully saturated rings. The van der Waals surface area contributed by atoms with Crippen molar-refractivity contribution in [2.45, 2.75) is 37.5 Å². The molecule has 16 heteroatoms. The average Bonchev–Trinajstić information content (AvgIpc) is 3.50. The number of nitrogens with one attached hydrogen (secondary N) is 3. The molecule has 3 amide bonds. The number of benzene rings is 2. The number of urea groups is 1. The van der Waals surface area contributed by atoms with Gasteiger partial charge in [-0.25, -0.2) is 9.59 Å². The van der Waals surface area contributed by atoms with Gasteiger partial charge >= 0.3 is 17.9 Å². The largest absolute Gasteiger partial charge is 0.418 e. The number of alkyl halides is 3. The molecule has 2 aliphatic rings. The standard InChI is InChI=1S/C36H37ClF3N9O3/c1-41-32-26(36(38,39)40)18-22(19-27(32)37)20-29(33(50)47-16-14-46(15-17-47)23-6-10-42-11-7-23)44-34(51)48-12-8-24(9-13-48)49-30-21-43-28-5-3-2-4-25(28)31(30)45-35(49)52/h2-7,10-11,18-19,21,24,29,41H,8-9,12-17,20H2,1H3,(H,44,51)(H,45,52)/t29-/m1/s1. The number of carbonyl (C=O) groups excluding carboxylic acids is 2. The molecule has 0 radical (unpaired) electrons. The van der Waals surface area contributed by atoms with Crippen LogP contribution in [0.2, 0.25) is 5.02 Å². The van der Waals surface area contributed by atoms with E-state index in [1.165, 1.54) is 13.1 Å². The highest BCUT2D eigenvalue weighted by Gasteiger charge is 2.37. The summed E-state index contributed by atoms with van der Waals surface area (Å²) in [5.41, 5.74) is 1.80. The number of pyridine rings is 2. The molecule has 5 heterocycles. The summed E-state index contributed by atoms with van der Waals surface area (Å²) >= 11 is 6.29. The summed E-state index contributed by atoms with van der Waals surface area (Å²) in [4.78, 5) is 57.9. The first-order valence-corrected chi connectivity index (χ1v) is 17.4. The molecule has 0 aliphatic carbocycles. The van der Waals surface area contributed by atoms with E-state index in [9.17, 15) is 27.6 Å². The molecular formula is C36H37ClF3N9O3.